The van der Waals surface area contributed by atoms with Crippen LogP contribution in [0.1, 0.15) is 39.4 Å². The number of rotatable bonds is 7. The molecule has 0 aliphatic heterocycles. The average molecular weight is 331 g/mol. The predicted octanol–water partition coefficient (Wildman–Crippen LogP) is 2.03. The maximum absolute atomic E-state index is 11.8. The molecular weight excluding hydrogens is 304 g/mol. The largest absolute Gasteiger partial charge is 0.491 e. The van der Waals surface area contributed by atoms with Crippen molar-refractivity contribution in [2.24, 2.45) is 11.7 Å². The fourth-order valence-electron chi connectivity index (χ4n) is 1.76. The molecule has 1 aromatic carbocycles. The zero-order chi connectivity index (χ0) is 16.0. The maximum atomic E-state index is 11.8. The third kappa shape index (κ3) is 6.64. The second kappa shape index (κ2) is 9.66. The predicted molar refractivity (Wildman–Crippen MR) is 90.2 cm³/mol. The highest BCUT2D eigenvalue weighted by Crippen LogP contribution is 2.18. The summed E-state index contributed by atoms with van der Waals surface area (Å²) in [6.45, 7) is 7.63. The number of carbonyl (C=O) groups excluding carboxylic acids is 1. The Labute approximate surface area is 138 Å². The minimum absolute atomic E-state index is 0. The highest BCUT2D eigenvalue weighted by atomic mass is 35.5. The fraction of sp³-hybridized carbons (Fsp3) is 0.562. The lowest BCUT2D eigenvalue weighted by atomic mass is 10.0. The van der Waals surface area contributed by atoms with Crippen LogP contribution in [-0.4, -0.2) is 29.7 Å². The molecule has 0 aliphatic rings. The molecule has 0 radical (unpaired) electrons. The van der Waals surface area contributed by atoms with Crippen LogP contribution >= 0.6 is 12.4 Å². The summed E-state index contributed by atoms with van der Waals surface area (Å²) >= 11 is 0. The first kappa shape index (κ1) is 20.7. The lowest BCUT2D eigenvalue weighted by Crippen LogP contribution is -2.40. The lowest BCUT2D eigenvalue weighted by molar-refractivity contribution is -0.125. The number of benzene rings is 1. The summed E-state index contributed by atoms with van der Waals surface area (Å²) < 4.78 is 5.54. The zero-order valence-electron chi connectivity index (χ0n) is 13.6. The first-order valence-corrected chi connectivity index (χ1v) is 7.29. The molecular formula is C16H27ClN2O3. The van der Waals surface area contributed by atoms with Gasteiger partial charge in [-0.3, -0.25) is 4.79 Å². The minimum atomic E-state index is -0.748. The third-order valence-corrected chi connectivity index (χ3v) is 3.31. The van der Waals surface area contributed by atoms with Crippen molar-refractivity contribution < 1.29 is 14.6 Å². The van der Waals surface area contributed by atoms with Crippen LogP contribution < -0.4 is 15.8 Å². The number of nitrogens with one attached hydrogen (secondary N) is 1. The van der Waals surface area contributed by atoms with Gasteiger partial charge in [-0.15, -0.1) is 12.4 Å². The number of nitrogens with two attached hydrogens (primary N) is 1. The Bertz CT molecular complexity index is 449. The van der Waals surface area contributed by atoms with Crippen LogP contribution in [-0.2, 0) is 4.79 Å². The molecule has 126 valence electrons. The summed E-state index contributed by atoms with van der Waals surface area (Å²) in [6.07, 6.45) is -0.637. The molecule has 5 nitrogen and oxygen atoms in total. The molecule has 0 aliphatic carbocycles. The van der Waals surface area contributed by atoms with E-state index in [9.17, 15) is 9.90 Å². The average Bonchev–Trinajstić information content (AvgIpc) is 2.43. The van der Waals surface area contributed by atoms with E-state index in [1.165, 1.54) is 0 Å². The molecule has 0 saturated carbocycles. The summed E-state index contributed by atoms with van der Waals surface area (Å²) in [4.78, 5) is 11.8. The van der Waals surface area contributed by atoms with Gasteiger partial charge in [-0.1, -0.05) is 19.1 Å². The Balaban J connectivity index is 0.00000441. The molecule has 3 atom stereocenters. The topological polar surface area (TPSA) is 84.6 Å². The number of carbonyl (C=O) groups is 1. The molecule has 4 N–H and O–H groups in total. The van der Waals surface area contributed by atoms with Gasteiger partial charge in [0.15, 0.2) is 0 Å². The van der Waals surface area contributed by atoms with Gasteiger partial charge in [0, 0.05) is 18.5 Å². The van der Waals surface area contributed by atoms with Crippen molar-refractivity contribution in [3.05, 3.63) is 29.8 Å². The van der Waals surface area contributed by atoms with Crippen LogP contribution in [0.15, 0.2) is 24.3 Å². The summed E-state index contributed by atoms with van der Waals surface area (Å²) in [7, 11) is 0. The van der Waals surface area contributed by atoms with Crippen LogP contribution in [0.4, 0.5) is 0 Å². The smallest absolute Gasteiger partial charge is 0.224 e. The number of ether oxygens (including phenoxy) is 1. The van der Waals surface area contributed by atoms with E-state index in [4.69, 9.17) is 10.5 Å². The van der Waals surface area contributed by atoms with Crippen molar-refractivity contribution in [1.82, 2.24) is 5.32 Å². The van der Waals surface area contributed by atoms with Crippen LogP contribution in [0.3, 0.4) is 0 Å². The van der Waals surface area contributed by atoms with E-state index in [1.807, 2.05) is 26.0 Å². The Hall–Kier alpha value is -1.30. The molecule has 0 aromatic heterocycles. The van der Waals surface area contributed by atoms with Gasteiger partial charge in [0.05, 0.1) is 12.2 Å². The van der Waals surface area contributed by atoms with Crippen molar-refractivity contribution in [2.45, 2.75) is 45.9 Å². The van der Waals surface area contributed by atoms with Crippen molar-refractivity contribution in [2.75, 3.05) is 6.54 Å². The molecule has 0 heterocycles. The van der Waals surface area contributed by atoms with Crippen LogP contribution in [0.5, 0.6) is 5.75 Å². The van der Waals surface area contributed by atoms with Gasteiger partial charge in [0.1, 0.15) is 5.75 Å². The number of halogens is 1. The monoisotopic (exact) mass is 330 g/mol. The molecule has 1 aromatic rings. The first-order chi connectivity index (χ1) is 9.81. The molecule has 22 heavy (non-hydrogen) atoms. The molecule has 0 fully saturated rings. The maximum Gasteiger partial charge on any atom is 0.224 e. The van der Waals surface area contributed by atoms with E-state index < -0.39 is 6.10 Å². The number of hydrogen-bond acceptors (Lipinski definition) is 4. The van der Waals surface area contributed by atoms with Crippen molar-refractivity contribution in [3.8, 4) is 5.75 Å². The molecule has 6 heteroatoms. The minimum Gasteiger partial charge on any atom is -0.491 e. The van der Waals surface area contributed by atoms with Crippen molar-refractivity contribution >= 4 is 18.3 Å². The Morgan fingerprint density at radius 3 is 2.23 bits per heavy atom. The standard InChI is InChI=1S/C16H26N2O3.ClH/c1-10(2)21-14-7-5-13(6-8-14)15(19)9-18-16(20)11(3)12(4)17;/h5-8,10-12,15,19H,9,17H2,1-4H3,(H,18,20);1H. The first-order valence-electron chi connectivity index (χ1n) is 7.29. The summed E-state index contributed by atoms with van der Waals surface area (Å²) in [5.74, 6) is 0.332. The van der Waals surface area contributed by atoms with Crippen molar-refractivity contribution in [1.29, 1.82) is 0 Å². The highest BCUT2D eigenvalue weighted by molar-refractivity contribution is 5.85. The van der Waals surface area contributed by atoms with Gasteiger partial charge >= 0.3 is 0 Å². The number of amides is 1. The second-order valence-corrected chi connectivity index (χ2v) is 5.64. The van der Waals surface area contributed by atoms with E-state index in [1.54, 1.807) is 26.0 Å². The summed E-state index contributed by atoms with van der Waals surface area (Å²) in [5.41, 5.74) is 6.41. The molecule has 1 rings (SSSR count). The Morgan fingerprint density at radius 2 is 1.77 bits per heavy atom. The van der Waals surface area contributed by atoms with Gasteiger partial charge < -0.3 is 20.9 Å². The van der Waals surface area contributed by atoms with Gasteiger partial charge in [-0.25, -0.2) is 0 Å². The lowest BCUT2D eigenvalue weighted by Gasteiger charge is -2.18. The fourth-order valence-corrected chi connectivity index (χ4v) is 1.76. The number of aliphatic hydroxyl groups is 1. The number of aliphatic hydroxyl groups excluding tert-OH is 1. The van der Waals surface area contributed by atoms with Crippen LogP contribution in [0.25, 0.3) is 0 Å². The summed E-state index contributed by atoms with van der Waals surface area (Å²) in [5, 5.41) is 12.8. The molecule has 0 saturated heterocycles. The van der Waals surface area contributed by atoms with Gasteiger partial charge in [0.25, 0.3) is 0 Å². The number of hydrogen-bond donors (Lipinski definition) is 3. The molecule has 1 amide bonds. The molecule has 0 spiro atoms. The van der Waals surface area contributed by atoms with E-state index in [-0.39, 0.29) is 42.9 Å². The van der Waals surface area contributed by atoms with Crippen LogP contribution in [0, 0.1) is 5.92 Å². The zero-order valence-corrected chi connectivity index (χ0v) is 14.4. The third-order valence-electron chi connectivity index (χ3n) is 3.31. The highest BCUT2D eigenvalue weighted by Gasteiger charge is 2.18. The van der Waals surface area contributed by atoms with E-state index >= 15 is 0 Å². The van der Waals surface area contributed by atoms with E-state index in [0.717, 1.165) is 11.3 Å². The normalized spacial score (nSPS) is 14.7. The summed E-state index contributed by atoms with van der Waals surface area (Å²) in [6, 6.07) is 7.00. The quantitative estimate of drug-likeness (QED) is 0.714. The van der Waals surface area contributed by atoms with Gasteiger partial charge in [-0.2, -0.15) is 0 Å². The van der Waals surface area contributed by atoms with E-state index in [2.05, 4.69) is 5.32 Å². The molecule has 3 unspecified atom stereocenters. The van der Waals surface area contributed by atoms with E-state index in [0.29, 0.717) is 0 Å². The SMILES string of the molecule is CC(C)Oc1ccc(C(O)CNC(=O)C(C)C(C)N)cc1.Cl. The van der Waals surface area contributed by atoms with Gasteiger partial charge in [-0.05, 0) is 38.5 Å². The Kier molecular flexibility index (Phi) is 9.09. The van der Waals surface area contributed by atoms with Crippen molar-refractivity contribution in [3.63, 3.8) is 0 Å². The molecule has 0 bridgehead atoms. The second-order valence-electron chi connectivity index (χ2n) is 5.64. The Morgan fingerprint density at radius 1 is 1.23 bits per heavy atom. The van der Waals surface area contributed by atoms with Crippen LogP contribution in [0.2, 0.25) is 0 Å². The van der Waals surface area contributed by atoms with Gasteiger partial charge in [0.2, 0.25) is 5.91 Å².